The van der Waals surface area contributed by atoms with Crippen LogP contribution in [0.2, 0.25) is 0 Å². The van der Waals surface area contributed by atoms with Crippen molar-refractivity contribution in [1.82, 2.24) is 14.3 Å². The number of hydrogen-bond donors (Lipinski definition) is 0. The van der Waals surface area contributed by atoms with Gasteiger partial charge in [-0.15, -0.1) is 0 Å². The molecule has 2 aromatic heterocycles. The summed E-state index contributed by atoms with van der Waals surface area (Å²) in [6.45, 7) is 7.97. The zero-order valence-corrected chi connectivity index (χ0v) is 11.2. The van der Waals surface area contributed by atoms with Gasteiger partial charge >= 0.3 is 0 Å². The Bertz CT molecular complexity index is 542. The molecular formula is C14H19N3O. The quantitative estimate of drug-likeness (QED) is 0.814. The molecule has 96 valence electrons. The van der Waals surface area contributed by atoms with Gasteiger partial charge in [-0.2, -0.15) is 5.10 Å². The molecule has 0 saturated carbocycles. The van der Waals surface area contributed by atoms with Crippen LogP contribution in [0.1, 0.15) is 29.5 Å². The Balaban J connectivity index is 2.02. The molecule has 0 N–H and O–H groups in total. The minimum absolute atomic E-state index is 0.398. The lowest BCUT2D eigenvalue weighted by molar-refractivity contribution is 0.184. The van der Waals surface area contributed by atoms with Gasteiger partial charge in [-0.05, 0) is 39.3 Å². The molecule has 0 aromatic carbocycles. The van der Waals surface area contributed by atoms with Crippen molar-refractivity contribution in [2.75, 3.05) is 13.2 Å². The maximum absolute atomic E-state index is 5.45. The van der Waals surface area contributed by atoms with E-state index < -0.39 is 0 Å². The van der Waals surface area contributed by atoms with Gasteiger partial charge in [0.1, 0.15) is 0 Å². The molecule has 1 aliphatic rings. The summed E-state index contributed by atoms with van der Waals surface area (Å²) in [6, 6.07) is 6.80. The third-order valence-corrected chi connectivity index (χ3v) is 3.66. The van der Waals surface area contributed by atoms with Gasteiger partial charge in [0.2, 0.25) is 0 Å². The van der Waals surface area contributed by atoms with E-state index in [1.54, 1.807) is 0 Å². The van der Waals surface area contributed by atoms with Crippen LogP contribution in [0.25, 0.3) is 5.82 Å². The van der Waals surface area contributed by atoms with E-state index in [4.69, 9.17) is 9.84 Å². The fourth-order valence-corrected chi connectivity index (χ4v) is 2.69. The Morgan fingerprint density at radius 1 is 1.17 bits per heavy atom. The van der Waals surface area contributed by atoms with Crippen molar-refractivity contribution < 1.29 is 4.74 Å². The Hall–Kier alpha value is -1.55. The molecule has 18 heavy (non-hydrogen) atoms. The Labute approximate surface area is 107 Å². The van der Waals surface area contributed by atoms with Crippen LogP contribution in [0.15, 0.2) is 18.2 Å². The zero-order valence-electron chi connectivity index (χ0n) is 11.2. The van der Waals surface area contributed by atoms with Crippen LogP contribution in [-0.4, -0.2) is 27.6 Å². The minimum Gasteiger partial charge on any atom is -0.379 e. The van der Waals surface area contributed by atoms with Crippen molar-refractivity contribution in [3.05, 3.63) is 35.3 Å². The molecule has 1 aliphatic heterocycles. The van der Waals surface area contributed by atoms with Gasteiger partial charge in [-0.3, -0.25) is 4.68 Å². The molecule has 2 aromatic rings. The Morgan fingerprint density at radius 3 is 2.50 bits per heavy atom. The average Bonchev–Trinajstić information content (AvgIpc) is 3.00. The first-order chi connectivity index (χ1) is 8.66. The summed E-state index contributed by atoms with van der Waals surface area (Å²) in [5.74, 6) is 1.01. The summed E-state index contributed by atoms with van der Waals surface area (Å²) < 4.78 is 9.75. The summed E-state index contributed by atoms with van der Waals surface area (Å²) in [5.41, 5.74) is 3.65. The lowest BCUT2D eigenvalue weighted by Crippen LogP contribution is -2.12. The highest BCUT2D eigenvalue weighted by atomic mass is 16.5. The molecule has 3 rings (SSSR count). The number of aromatic nitrogens is 3. The number of rotatable bonds is 2. The highest BCUT2D eigenvalue weighted by Gasteiger charge is 2.21. The minimum atomic E-state index is 0.398. The molecule has 1 saturated heterocycles. The highest BCUT2D eigenvalue weighted by molar-refractivity contribution is 5.32. The van der Waals surface area contributed by atoms with Gasteiger partial charge in [0.15, 0.2) is 5.82 Å². The molecule has 0 bridgehead atoms. The van der Waals surface area contributed by atoms with Crippen molar-refractivity contribution in [2.24, 2.45) is 0 Å². The monoisotopic (exact) mass is 245 g/mol. The van der Waals surface area contributed by atoms with Gasteiger partial charge in [-0.1, -0.05) is 0 Å². The van der Waals surface area contributed by atoms with Crippen LogP contribution in [0.4, 0.5) is 0 Å². The summed E-state index contributed by atoms with van der Waals surface area (Å²) in [5, 5.41) is 4.76. The van der Waals surface area contributed by atoms with Crippen LogP contribution in [-0.2, 0) is 4.74 Å². The Kier molecular flexibility index (Phi) is 2.74. The van der Waals surface area contributed by atoms with E-state index in [9.17, 15) is 0 Å². The lowest BCUT2D eigenvalue weighted by atomic mass is 10.2. The van der Waals surface area contributed by atoms with Gasteiger partial charge in [-0.25, -0.2) is 0 Å². The fraction of sp³-hybridized carbons (Fsp3) is 0.500. The average molecular weight is 245 g/mol. The normalized spacial score (nSPS) is 19.6. The molecule has 1 atom stereocenters. The van der Waals surface area contributed by atoms with E-state index in [-0.39, 0.29) is 0 Å². The topological polar surface area (TPSA) is 32.0 Å². The Morgan fingerprint density at radius 2 is 1.89 bits per heavy atom. The smallest absolute Gasteiger partial charge is 0.159 e. The van der Waals surface area contributed by atoms with Crippen LogP contribution < -0.4 is 0 Å². The first kappa shape index (κ1) is 11.5. The largest absolute Gasteiger partial charge is 0.379 e. The van der Waals surface area contributed by atoms with E-state index in [1.165, 1.54) is 17.1 Å². The molecule has 0 spiro atoms. The molecule has 0 aliphatic carbocycles. The third-order valence-electron chi connectivity index (χ3n) is 3.66. The summed E-state index contributed by atoms with van der Waals surface area (Å²) in [6.07, 6.45) is 1.06. The molecule has 3 heterocycles. The van der Waals surface area contributed by atoms with E-state index in [2.05, 4.69) is 48.2 Å². The standard InChI is InChI=1S/C14H19N3O/c1-10-4-5-11(2)16(10)14-8-12(3)17(15-14)13-6-7-18-9-13/h4-5,8,13H,6-7,9H2,1-3H3/t13-/m0/s1. The maximum Gasteiger partial charge on any atom is 0.159 e. The second-order valence-electron chi connectivity index (χ2n) is 5.06. The lowest BCUT2D eigenvalue weighted by Gasteiger charge is -2.10. The number of aryl methyl sites for hydroxylation is 3. The predicted molar refractivity (Wildman–Crippen MR) is 70.2 cm³/mol. The summed E-state index contributed by atoms with van der Waals surface area (Å²) in [7, 11) is 0. The van der Waals surface area contributed by atoms with E-state index in [0.717, 1.165) is 25.5 Å². The van der Waals surface area contributed by atoms with Crippen LogP contribution >= 0.6 is 0 Å². The molecule has 1 fully saturated rings. The van der Waals surface area contributed by atoms with Crippen LogP contribution in [0, 0.1) is 20.8 Å². The second-order valence-corrected chi connectivity index (χ2v) is 5.06. The van der Waals surface area contributed by atoms with E-state index in [1.807, 2.05) is 0 Å². The van der Waals surface area contributed by atoms with Gasteiger partial charge in [0, 0.05) is 29.8 Å². The van der Waals surface area contributed by atoms with Crippen molar-refractivity contribution >= 4 is 0 Å². The van der Waals surface area contributed by atoms with Crippen LogP contribution in [0.5, 0.6) is 0 Å². The molecule has 0 unspecified atom stereocenters. The van der Waals surface area contributed by atoms with E-state index in [0.29, 0.717) is 6.04 Å². The molecular weight excluding hydrogens is 226 g/mol. The van der Waals surface area contributed by atoms with Crippen molar-refractivity contribution in [3.63, 3.8) is 0 Å². The SMILES string of the molecule is Cc1cc(-n2c(C)ccc2C)nn1[C@H]1CCOC1. The van der Waals surface area contributed by atoms with E-state index >= 15 is 0 Å². The van der Waals surface area contributed by atoms with Crippen molar-refractivity contribution in [1.29, 1.82) is 0 Å². The molecule has 0 radical (unpaired) electrons. The highest BCUT2D eigenvalue weighted by Crippen LogP contribution is 2.23. The van der Waals surface area contributed by atoms with Gasteiger partial charge < -0.3 is 9.30 Å². The first-order valence-corrected chi connectivity index (χ1v) is 6.46. The molecule has 4 heteroatoms. The first-order valence-electron chi connectivity index (χ1n) is 6.46. The number of nitrogens with zero attached hydrogens (tertiary/aromatic N) is 3. The molecule has 4 nitrogen and oxygen atoms in total. The predicted octanol–water partition coefficient (Wildman–Crippen LogP) is 2.56. The van der Waals surface area contributed by atoms with Gasteiger partial charge in [0.05, 0.1) is 12.6 Å². The third kappa shape index (κ3) is 1.77. The maximum atomic E-state index is 5.45. The zero-order chi connectivity index (χ0) is 12.7. The number of hydrogen-bond acceptors (Lipinski definition) is 2. The molecule has 0 amide bonds. The van der Waals surface area contributed by atoms with Crippen LogP contribution in [0.3, 0.4) is 0 Å². The second kappa shape index (κ2) is 4.28. The van der Waals surface area contributed by atoms with Crippen molar-refractivity contribution in [3.8, 4) is 5.82 Å². The summed E-state index contributed by atoms with van der Waals surface area (Å²) >= 11 is 0. The number of ether oxygens (including phenoxy) is 1. The fourth-order valence-electron chi connectivity index (χ4n) is 2.69. The van der Waals surface area contributed by atoms with Gasteiger partial charge in [0.25, 0.3) is 0 Å². The summed E-state index contributed by atoms with van der Waals surface area (Å²) in [4.78, 5) is 0. The van der Waals surface area contributed by atoms with Crippen molar-refractivity contribution in [2.45, 2.75) is 33.2 Å².